The van der Waals surface area contributed by atoms with Crippen molar-refractivity contribution in [1.82, 2.24) is 24.6 Å². The molecule has 1 rings (SSSR count). The molecule has 11 nitrogen and oxygen atoms in total. The van der Waals surface area contributed by atoms with Crippen molar-refractivity contribution in [3.05, 3.63) is 0 Å². The van der Waals surface area contributed by atoms with Crippen LogP contribution in [-0.2, 0) is 24.0 Å². The van der Waals surface area contributed by atoms with E-state index in [1.54, 1.807) is 0 Å². The zero-order chi connectivity index (χ0) is 24.0. The number of hydrogen-bond acceptors (Lipinski definition) is 6. The molecule has 0 radical (unpaired) electrons. The Labute approximate surface area is 179 Å². The fourth-order valence-corrected chi connectivity index (χ4v) is 2.12. The summed E-state index contributed by atoms with van der Waals surface area (Å²) in [6, 6.07) is 0. The minimum atomic E-state index is -0.512. The minimum Gasteiger partial charge on any atom is -0.344 e. The third-order valence-corrected chi connectivity index (χ3v) is 4.11. The first-order valence-corrected chi connectivity index (χ1v) is 10.0. The highest BCUT2D eigenvalue weighted by Crippen LogP contribution is 1.99. The lowest BCUT2D eigenvalue weighted by atomic mass is 10.3. The lowest BCUT2D eigenvalue weighted by Crippen LogP contribution is -2.50. The number of nitrogens with two attached hydrogens (primary N) is 1. The molecule has 30 heavy (non-hydrogen) atoms. The molecule has 5 amide bonds. The Morgan fingerprint density at radius 1 is 0.533 bits per heavy atom. The molecule has 2 N–H and O–H groups in total. The van der Waals surface area contributed by atoms with Gasteiger partial charge in [-0.3, -0.25) is 29.0 Å². The van der Waals surface area contributed by atoms with Crippen LogP contribution in [-0.4, -0.2) is 115 Å². The van der Waals surface area contributed by atoms with Crippen LogP contribution >= 0.6 is 0 Å². The van der Waals surface area contributed by atoms with Gasteiger partial charge in [-0.2, -0.15) is 0 Å². The summed E-state index contributed by atoms with van der Waals surface area (Å²) in [5.74, 6) is 3.37. The molecule has 1 aliphatic heterocycles. The van der Waals surface area contributed by atoms with Crippen LogP contribution in [0.25, 0.3) is 0 Å². The number of hydrazine groups is 1. The fourth-order valence-electron chi connectivity index (χ4n) is 2.12. The van der Waals surface area contributed by atoms with Crippen LogP contribution in [0.15, 0.2) is 0 Å². The lowest BCUT2D eigenvalue weighted by molar-refractivity contribution is -0.146. The van der Waals surface area contributed by atoms with Crippen LogP contribution in [0.1, 0.15) is 34.1 Å². The number of amides is 5. The number of nitrogens with zero attached hydrogens (tertiary/aromatic N) is 5. The maximum Gasteiger partial charge on any atom is 0.244 e. The van der Waals surface area contributed by atoms with Crippen LogP contribution in [0.2, 0.25) is 0 Å². The molecule has 1 heterocycles. The molecule has 0 aromatic rings. The Kier molecular flexibility index (Phi) is 14.9. The molecule has 11 heteroatoms. The van der Waals surface area contributed by atoms with Crippen molar-refractivity contribution in [3.63, 3.8) is 0 Å². The third-order valence-electron chi connectivity index (χ3n) is 4.11. The van der Waals surface area contributed by atoms with Crippen molar-refractivity contribution in [2.75, 3.05) is 60.9 Å². The summed E-state index contributed by atoms with van der Waals surface area (Å²) in [6.45, 7) is 7.09. The van der Waals surface area contributed by atoms with E-state index in [4.69, 9.17) is 5.84 Å². The van der Waals surface area contributed by atoms with Crippen molar-refractivity contribution in [2.45, 2.75) is 34.1 Å². The Balaban J connectivity index is 0. The van der Waals surface area contributed by atoms with E-state index in [1.807, 2.05) is 27.7 Å². The highest BCUT2D eigenvalue weighted by molar-refractivity contribution is 5.91. The van der Waals surface area contributed by atoms with Gasteiger partial charge in [0, 0.05) is 41.2 Å². The number of rotatable bonds is 0. The molecular formula is C19H38N6O5. The second-order valence-electron chi connectivity index (χ2n) is 6.34. The standard InChI is InChI=1S/C15H26N6O5.2C2H6/c1-17-6-5-11(22)21(16)10-15(26)20(4)9-14(25)19(3)8-13(24)18(2)7-12(17)23;2*1-2/h5-10,16H2,1-4H3;2*1-2H3. The topological polar surface area (TPSA) is 128 Å². The molecule has 0 atom stereocenters. The first kappa shape index (κ1) is 29.5. The van der Waals surface area contributed by atoms with Gasteiger partial charge in [0.1, 0.15) is 6.54 Å². The van der Waals surface area contributed by atoms with Gasteiger partial charge in [0.05, 0.1) is 19.6 Å². The average molecular weight is 431 g/mol. The van der Waals surface area contributed by atoms with E-state index in [2.05, 4.69) is 0 Å². The van der Waals surface area contributed by atoms with E-state index in [0.29, 0.717) is 0 Å². The van der Waals surface area contributed by atoms with Gasteiger partial charge in [-0.05, 0) is 0 Å². The average Bonchev–Trinajstić information content (AvgIpc) is 2.73. The normalized spacial score (nSPS) is 18.0. The molecule has 0 unspecified atom stereocenters. The van der Waals surface area contributed by atoms with Gasteiger partial charge in [-0.1, -0.05) is 27.7 Å². The van der Waals surface area contributed by atoms with Gasteiger partial charge >= 0.3 is 0 Å². The molecule has 0 bridgehead atoms. The maximum atomic E-state index is 12.2. The molecule has 0 spiro atoms. The Hall–Kier alpha value is -2.69. The predicted molar refractivity (Wildman–Crippen MR) is 114 cm³/mol. The van der Waals surface area contributed by atoms with Gasteiger partial charge in [-0.25, -0.2) is 5.84 Å². The van der Waals surface area contributed by atoms with Gasteiger partial charge in [0.25, 0.3) is 0 Å². The van der Waals surface area contributed by atoms with Gasteiger partial charge < -0.3 is 19.6 Å². The molecule has 0 aromatic heterocycles. The summed E-state index contributed by atoms with van der Waals surface area (Å²) < 4.78 is 0. The van der Waals surface area contributed by atoms with E-state index in [9.17, 15) is 24.0 Å². The summed E-state index contributed by atoms with van der Waals surface area (Å²) in [4.78, 5) is 65.4. The predicted octanol–water partition coefficient (Wildman–Crippen LogP) is -1.02. The van der Waals surface area contributed by atoms with Crippen molar-refractivity contribution in [3.8, 4) is 0 Å². The smallest absolute Gasteiger partial charge is 0.244 e. The number of hydrogen-bond donors (Lipinski definition) is 1. The van der Waals surface area contributed by atoms with Crippen LogP contribution in [0.5, 0.6) is 0 Å². The zero-order valence-corrected chi connectivity index (χ0v) is 19.6. The largest absolute Gasteiger partial charge is 0.344 e. The summed E-state index contributed by atoms with van der Waals surface area (Å²) in [5, 5.41) is 0.771. The maximum absolute atomic E-state index is 12.2. The highest BCUT2D eigenvalue weighted by atomic mass is 16.2. The van der Waals surface area contributed by atoms with Crippen molar-refractivity contribution in [2.24, 2.45) is 5.84 Å². The van der Waals surface area contributed by atoms with Crippen LogP contribution in [0.4, 0.5) is 0 Å². The van der Waals surface area contributed by atoms with Gasteiger partial charge in [0.2, 0.25) is 29.5 Å². The van der Waals surface area contributed by atoms with Gasteiger partial charge in [0.15, 0.2) is 0 Å². The zero-order valence-electron chi connectivity index (χ0n) is 19.6. The SMILES string of the molecule is CC.CC.CN1CCC(=O)N(N)CC(=O)N(C)CC(=O)N(C)CC(=O)N(C)CC1=O. The first-order chi connectivity index (χ1) is 14.0. The molecule has 1 aliphatic rings. The highest BCUT2D eigenvalue weighted by Gasteiger charge is 2.24. The molecule has 174 valence electrons. The van der Waals surface area contributed by atoms with Crippen LogP contribution < -0.4 is 5.84 Å². The number of carbonyl (C=O) groups excluding carboxylic acids is 5. The molecule has 1 fully saturated rings. The van der Waals surface area contributed by atoms with Crippen molar-refractivity contribution < 1.29 is 24.0 Å². The van der Waals surface area contributed by atoms with E-state index < -0.39 is 23.6 Å². The van der Waals surface area contributed by atoms with E-state index in [1.165, 1.54) is 42.9 Å². The fraction of sp³-hybridized carbons (Fsp3) is 0.737. The first-order valence-electron chi connectivity index (χ1n) is 10.0. The van der Waals surface area contributed by atoms with Crippen LogP contribution in [0, 0.1) is 0 Å². The second-order valence-corrected chi connectivity index (χ2v) is 6.34. The van der Waals surface area contributed by atoms with E-state index >= 15 is 0 Å². The molecule has 0 saturated carbocycles. The summed E-state index contributed by atoms with van der Waals surface area (Å²) in [7, 11) is 5.81. The van der Waals surface area contributed by atoms with Crippen molar-refractivity contribution >= 4 is 29.5 Å². The molecule has 0 aliphatic carbocycles. The summed E-state index contributed by atoms with van der Waals surface area (Å²) >= 11 is 0. The summed E-state index contributed by atoms with van der Waals surface area (Å²) in [5.41, 5.74) is 0. The van der Waals surface area contributed by atoms with Gasteiger partial charge in [-0.15, -0.1) is 0 Å². The monoisotopic (exact) mass is 430 g/mol. The number of carbonyl (C=O) groups is 5. The molecular weight excluding hydrogens is 392 g/mol. The lowest BCUT2D eigenvalue weighted by Gasteiger charge is -2.27. The number of likely N-dealkylation sites (N-methyl/N-ethyl adjacent to an activating group) is 4. The molecule has 1 saturated heterocycles. The quantitative estimate of drug-likeness (QED) is 0.387. The van der Waals surface area contributed by atoms with E-state index in [0.717, 1.165) is 9.91 Å². The Morgan fingerprint density at radius 3 is 1.20 bits per heavy atom. The minimum absolute atomic E-state index is 0.0605. The molecule has 0 aromatic carbocycles. The van der Waals surface area contributed by atoms with Crippen LogP contribution in [0.3, 0.4) is 0 Å². The van der Waals surface area contributed by atoms with Crippen molar-refractivity contribution in [1.29, 1.82) is 0 Å². The second kappa shape index (κ2) is 15.2. The Bertz CT molecular complexity index is 598. The van der Waals surface area contributed by atoms with E-state index in [-0.39, 0.29) is 45.1 Å². The Morgan fingerprint density at radius 2 is 0.833 bits per heavy atom. The third kappa shape index (κ3) is 10.2. The summed E-state index contributed by atoms with van der Waals surface area (Å²) in [6.07, 6.45) is -0.0605.